The van der Waals surface area contributed by atoms with Crippen LogP contribution in [0.4, 0.5) is 5.88 Å². The largest absolute Gasteiger partial charge is 0.469 e. The summed E-state index contributed by atoms with van der Waals surface area (Å²) in [7, 11) is 0. The first-order valence-electron chi connectivity index (χ1n) is 8.78. The summed E-state index contributed by atoms with van der Waals surface area (Å²) >= 11 is 0. The van der Waals surface area contributed by atoms with Crippen molar-refractivity contribution in [3.8, 4) is 11.1 Å². The molecule has 1 aliphatic rings. The predicted molar refractivity (Wildman–Crippen MR) is 103 cm³/mol. The van der Waals surface area contributed by atoms with E-state index in [1.165, 1.54) is 11.1 Å². The van der Waals surface area contributed by atoms with Gasteiger partial charge in [-0.2, -0.15) is 0 Å². The van der Waals surface area contributed by atoms with Gasteiger partial charge >= 0.3 is 0 Å². The molecule has 2 aromatic carbocycles. The van der Waals surface area contributed by atoms with Crippen molar-refractivity contribution in [2.45, 2.75) is 33.9 Å². The first kappa shape index (κ1) is 16.5. The molecule has 1 unspecified atom stereocenters. The number of rotatable bonds is 3. The van der Waals surface area contributed by atoms with E-state index in [1.807, 2.05) is 33.8 Å². The average Bonchev–Trinajstić information content (AvgIpc) is 3.15. The van der Waals surface area contributed by atoms with Crippen molar-refractivity contribution in [1.29, 1.82) is 0 Å². The molecule has 0 saturated heterocycles. The fourth-order valence-electron chi connectivity index (χ4n) is 3.23. The lowest BCUT2D eigenvalue weighted by Gasteiger charge is -2.24. The Balaban J connectivity index is 1.69. The Kier molecular flexibility index (Phi) is 4.03. The fourth-order valence-corrected chi connectivity index (χ4v) is 3.23. The third-order valence-electron chi connectivity index (χ3n) is 5.05. The van der Waals surface area contributed by atoms with Gasteiger partial charge in [-0.1, -0.05) is 59.8 Å². The number of hydrogen-bond acceptors (Lipinski definition) is 4. The zero-order chi connectivity index (χ0) is 18.3. The minimum absolute atomic E-state index is 0.245. The topological polar surface area (TPSA) is 38.5 Å². The van der Waals surface area contributed by atoms with Crippen molar-refractivity contribution in [2.24, 2.45) is 0 Å². The molecule has 1 aromatic heterocycles. The van der Waals surface area contributed by atoms with E-state index in [4.69, 9.17) is 9.26 Å². The van der Waals surface area contributed by atoms with Gasteiger partial charge in [0.1, 0.15) is 5.76 Å². The molecule has 0 N–H and O–H groups in total. The van der Waals surface area contributed by atoms with E-state index in [0.29, 0.717) is 0 Å². The number of benzene rings is 2. The third-order valence-corrected chi connectivity index (χ3v) is 5.05. The first-order chi connectivity index (χ1) is 12.6. The maximum absolute atomic E-state index is 6.15. The van der Waals surface area contributed by atoms with Crippen LogP contribution in [0.5, 0.6) is 0 Å². The fraction of sp³-hybridized carbons (Fsp3) is 0.227. The van der Waals surface area contributed by atoms with Crippen molar-refractivity contribution in [3.63, 3.8) is 0 Å². The number of hydrogen-bond donors (Lipinski definition) is 0. The molecule has 4 nitrogen and oxygen atoms in total. The van der Waals surface area contributed by atoms with Gasteiger partial charge in [0.2, 0.25) is 12.1 Å². The smallest absolute Gasteiger partial charge is 0.237 e. The van der Waals surface area contributed by atoms with Crippen LogP contribution < -0.4 is 4.90 Å². The molecule has 1 aliphatic heterocycles. The van der Waals surface area contributed by atoms with E-state index in [-0.39, 0.29) is 6.23 Å². The molecule has 0 saturated carbocycles. The van der Waals surface area contributed by atoms with Crippen LogP contribution in [0.1, 0.15) is 36.9 Å². The summed E-state index contributed by atoms with van der Waals surface area (Å²) in [5, 5.41) is 4.11. The van der Waals surface area contributed by atoms with Gasteiger partial charge in [-0.15, -0.1) is 0 Å². The third kappa shape index (κ3) is 2.68. The molecular weight excluding hydrogens is 324 g/mol. The standard InChI is InChI=1S/C22H22N2O2/c1-14-15(2)23-26-21(14)24-16(3)17(4)25-22(24)20-12-10-19(11-13-20)18-8-6-5-7-9-18/h5-13,22H,1-4H3. The number of ether oxygens (including phenoxy) is 1. The van der Waals surface area contributed by atoms with Crippen LogP contribution in [-0.4, -0.2) is 5.16 Å². The molecule has 0 fully saturated rings. The van der Waals surface area contributed by atoms with E-state index >= 15 is 0 Å². The van der Waals surface area contributed by atoms with E-state index < -0.39 is 0 Å². The van der Waals surface area contributed by atoms with Crippen LogP contribution in [0, 0.1) is 13.8 Å². The Morgan fingerprint density at radius 1 is 0.846 bits per heavy atom. The van der Waals surface area contributed by atoms with Gasteiger partial charge in [-0.3, -0.25) is 4.90 Å². The molecule has 0 bridgehead atoms. The summed E-state index contributed by atoms with van der Waals surface area (Å²) in [5.74, 6) is 1.64. The highest BCUT2D eigenvalue weighted by Crippen LogP contribution is 2.42. The van der Waals surface area contributed by atoms with E-state index in [2.05, 4.69) is 58.6 Å². The van der Waals surface area contributed by atoms with Crippen molar-refractivity contribution < 1.29 is 9.26 Å². The number of aromatic nitrogens is 1. The van der Waals surface area contributed by atoms with E-state index in [9.17, 15) is 0 Å². The zero-order valence-corrected chi connectivity index (χ0v) is 15.5. The summed E-state index contributed by atoms with van der Waals surface area (Å²) in [6.45, 7) is 8.01. The summed E-state index contributed by atoms with van der Waals surface area (Å²) < 4.78 is 11.8. The molecule has 3 aromatic rings. The number of nitrogens with zero attached hydrogens (tertiary/aromatic N) is 2. The SMILES string of the molecule is CC1=C(C)N(c2onc(C)c2C)C(c2ccc(-c3ccccc3)cc2)O1. The van der Waals surface area contributed by atoms with Gasteiger partial charge < -0.3 is 9.26 Å². The van der Waals surface area contributed by atoms with Gasteiger partial charge in [0.25, 0.3) is 0 Å². The molecule has 0 aliphatic carbocycles. The first-order valence-corrected chi connectivity index (χ1v) is 8.78. The van der Waals surface area contributed by atoms with Crippen molar-refractivity contribution in [3.05, 3.63) is 82.9 Å². The second kappa shape index (κ2) is 6.37. The average molecular weight is 346 g/mol. The lowest BCUT2D eigenvalue weighted by Crippen LogP contribution is -2.23. The molecule has 0 amide bonds. The number of anilines is 1. The minimum Gasteiger partial charge on any atom is -0.469 e. The Hall–Kier alpha value is -3.01. The van der Waals surface area contributed by atoms with Crippen LogP contribution >= 0.6 is 0 Å². The molecule has 26 heavy (non-hydrogen) atoms. The summed E-state index contributed by atoms with van der Waals surface area (Å²) in [6, 6.07) is 18.9. The molecular formula is C22H22N2O2. The molecule has 4 heteroatoms. The predicted octanol–water partition coefficient (Wildman–Crippen LogP) is 5.75. The van der Waals surface area contributed by atoms with Gasteiger partial charge in [0.05, 0.1) is 11.4 Å². The molecule has 0 spiro atoms. The number of aryl methyl sites for hydroxylation is 1. The Bertz CT molecular complexity index is 956. The maximum atomic E-state index is 6.15. The van der Waals surface area contributed by atoms with E-state index in [1.54, 1.807) is 0 Å². The zero-order valence-electron chi connectivity index (χ0n) is 15.5. The second-order valence-corrected chi connectivity index (χ2v) is 6.67. The Morgan fingerprint density at radius 3 is 2.12 bits per heavy atom. The quantitative estimate of drug-likeness (QED) is 0.606. The highest BCUT2D eigenvalue weighted by atomic mass is 16.5. The molecule has 132 valence electrons. The van der Waals surface area contributed by atoms with E-state index in [0.717, 1.165) is 34.2 Å². The van der Waals surface area contributed by atoms with Crippen LogP contribution in [0.25, 0.3) is 11.1 Å². The van der Waals surface area contributed by atoms with Crippen molar-refractivity contribution in [2.75, 3.05) is 4.90 Å². The normalized spacial score (nSPS) is 16.9. The molecule has 2 heterocycles. The van der Waals surface area contributed by atoms with Crippen molar-refractivity contribution in [1.82, 2.24) is 5.16 Å². The van der Waals surface area contributed by atoms with Crippen LogP contribution in [0.3, 0.4) is 0 Å². The van der Waals surface area contributed by atoms with Gasteiger partial charge in [0, 0.05) is 11.1 Å². The van der Waals surface area contributed by atoms with Crippen molar-refractivity contribution >= 4 is 5.88 Å². The summed E-state index contributed by atoms with van der Waals surface area (Å²) in [6.07, 6.45) is -0.245. The molecule has 4 rings (SSSR count). The van der Waals surface area contributed by atoms with Crippen LogP contribution in [0.15, 0.2) is 70.6 Å². The van der Waals surface area contributed by atoms with Gasteiger partial charge in [0.15, 0.2) is 0 Å². The molecule has 0 radical (unpaired) electrons. The Labute approximate surface area is 153 Å². The van der Waals surface area contributed by atoms with Gasteiger partial charge in [-0.25, -0.2) is 0 Å². The minimum atomic E-state index is -0.245. The van der Waals surface area contributed by atoms with Gasteiger partial charge in [-0.05, 0) is 38.8 Å². The number of allylic oxidation sites excluding steroid dienone is 2. The highest BCUT2D eigenvalue weighted by molar-refractivity contribution is 5.64. The monoisotopic (exact) mass is 346 g/mol. The summed E-state index contributed by atoms with van der Waals surface area (Å²) in [4.78, 5) is 2.09. The molecule has 1 atom stereocenters. The Morgan fingerprint density at radius 2 is 1.50 bits per heavy atom. The van der Waals surface area contributed by atoms with Crippen LogP contribution in [0.2, 0.25) is 0 Å². The summed E-state index contributed by atoms with van der Waals surface area (Å²) in [5.41, 5.74) is 6.45. The lowest BCUT2D eigenvalue weighted by molar-refractivity contribution is 0.144. The maximum Gasteiger partial charge on any atom is 0.237 e. The highest BCUT2D eigenvalue weighted by Gasteiger charge is 2.35. The second-order valence-electron chi connectivity index (χ2n) is 6.67. The van der Waals surface area contributed by atoms with Crippen LogP contribution in [-0.2, 0) is 4.74 Å². The lowest BCUT2D eigenvalue weighted by atomic mass is 10.0.